The summed E-state index contributed by atoms with van der Waals surface area (Å²) in [5, 5.41) is 4.19. The van der Waals surface area contributed by atoms with Crippen LogP contribution in [0, 0.1) is 6.92 Å². The number of carbonyl (C=O) groups excluding carboxylic acids is 1. The molecule has 0 saturated carbocycles. The lowest BCUT2D eigenvalue weighted by Gasteiger charge is -2.13. The molecule has 0 atom stereocenters. The molecule has 0 aliphatic heterocycles. The highest BCUT2D eigenvalue weighted by Gasteiger charge is 2.19. The van der Waals surface area contributed by atoms with Gasteiger partial charge in [-0.2, -0.15) is 5.10 Å². The standard InChI is InChI=1S/C20H21N3O4S/c1-15-8-9-16(20(24)27-2)12-19(15)28(25,26)22-13-17-6-3-4-7-18(17)14-23-11-5-10-21-23/h3-12,22H,13-14H2,1-2H3. The zero-order chi connectivity index (χ0) is 20.1. The van der Waals surface area contributed by atoms with Gasteiger partial charge < -0.3 is 4.74 Å². The molecule has 0 aliphatic rings. The number of hydrogen-bond acceptors (Lipinski definition) is 5. The van der Waals surface area contributed by atoms with Crippen molar-refractivity contribution in [1.82, 2.24) is 14.5 Å². The van der Waals surface area contributed by atoms with Gasteiger partial charge in [-0.3, -0.25) is 4.68 Å². The molecule has 0 amide bonds. The molecule has 1 heterocycles. The Bertz CT molecular complexity index is 1080. The molecule has 0 radical (unpaired) electrons. The van der Waals surface area contributed by atoms with Crippen LogP contribution >= 0.6 is 0 Å². The van der Waals surface area contributed by atoms with Crippen molar-refractivity contribution in [2.24, 2.45) is 0 Å². The lowest BCUT2D eigenvalue weighted by atomic mass is 10.1. The van der Waals surface area contributed by atoms with E-state index in [4.69, 9.17) is 0 Å². The van der Waals surface area contributed by atoms with Gasteiger partial charge in [-0.25, -0.2) is 17.9 Å². The van der Waals surface area contributed by atoms with Gasteiger partial charge in [0.05, 0.1) is 24.1 Å². The zero-order valence-corrected chi connectivity index (χ0v) is 16.4. The number of nitrogens with one attached hydrogen (secondary N) is 1. The first-order valence-corrected chi connectivity index (χ1v) is 10.1. The quantitative estimate of drug-likeness (QED) is 0.617. The molecule has 1 N–H and O–H groups in total. The van der Waals surface area contributed by atoms with Crippen LogP contribution in [0.25, 0.3) is 0 Å². The van der Waals surface area contributed by atoms with E-state index < -0.39 is 16.0 Å². The highest BCUT2D eigenvalue weighted by atomic mass is 32.2. The number of sulfonamides is 1. The fourth-order valence-electron chi connectivity index (χ4n) is 2.84. The number of nitrogens with zero attached hydrogens (tertiary/aromatic N) is 2. The number of aryl methyl sites for hydroxylation is 1. The molecule has 3 rings (SSSR count). The smallest absolute Gasteiger partial charge is 0.337 e. The van der Waals surface area contributed by atoms with E-state index in [1.165, 1.54) is 13.2 Å². The summed E-state index contributed by atoms with van der Waals surface area (Å²) >= 11 is 0. The van der Waals surface area contributed by atoms with E-state index >= 15 is 0 Å². The molecule has 7 nitrogen and oxygen atoms in total. The minimum atomic E-state index is -3.81. The molecule has 1 aromatic heterocycles. The van der Waals surface area contributed by atoms with E-state index in [-0.39, 0.29) is 17.0 Å². The van der Waals surface area contributed by atoms with Gasteiger partial charge in [0, 0.05) is 18.9 Å². The zero-order valence-electron chi connectivity index (χ0n) is 15.6. The van der Waals surface area contributed by atoms with E-state index in [9.17, 15) is 13.2 Å². The number of carbonyl (C=O) groups is 1. The molecule has 2 aromatic carbocycles. The lowest BCUT2D eigenvalue weighted by Crippen LogP contribution is -2.25. The second-order valence-electron chi connectivity index (χ2n) is 6.27. The van der Waals surface area contributed by atoms with Gasteiger partial charge in [-0.1, -0.05) is 30.3 Å². The third-order valence-electron chi connectivity index (χ3n) is 4.36. The van der Waals surface area contributed by atoms with Crippen LogP contribution in [-0.4, -0.2) is 31.3 Å². The summed E-state index contributed by atoms with van der Waals surface area (Å²) in [6.07, 6.45) is 3.55. The monoisotopic (exact) mass is 399 g/mol. The summed E-state index contributed by atoms with van der Waals surface area (Å²) in [6, 6.07) is 13.9. The molecular formula is C20H21N3O4S. The third-order valence-corrected chi connectivity index (χ3v) is 5.90. The topological polar surface area (TPSA) is 90.3 Å². The van der Waals surface area contributed by atoms with Gasteiger partial charge in [0.1, 0.15) is 0 Å². The van der Waals surface area contributed by atoms with Crippen molar-refractivity contribution in [2.75, 3.05) is 7.11 Å². The van der Waals surface area contributed by atoms with Crippen LogP contribution in [0.2, 0.25) is 0 Å². The maximum absolute atomic E-state index is 12.8. The summed E-state index contributed by atoms with van der Waals surface area (Å²) in [7, 11) is -2.56. The second-order valence-corrected chi connectivity index (χ2v) is 8.00. The fourth-order valence-corrected chi connectivity index (χ4v) is 4.11. The van der Waals surface area contributed by atoms with Crippen molar-refractivity contribution in [1.29, 1.82) is 0 Å². The van der Waals surface area contributed by atoms with Crippen molar-refractivity contribution in [3.05, 3.63) is 83.2 Å². The van der Waals surface area contributed by atoms with Crippen LogP contribution in [0.1, 0.15) is 27.0 Å². The maximum Gasteiger partial charge on any atom is 0.337 e. The Kier molecular flexibility index (Phi) is 5.91. The first-order chi connectivity index (χ1) is 13.4. The Hall–Kier alpha value is -2.97. The highest BCUT2D eigenvalue weighted by molar-refractivity contribution is 7.89. The third kappa shape index (κ3) is 4.47. The van der Waals surface area contributed by atoms with E-state index in [1.807, 2.05) is 36.5 Å². The number of aromatic nitrogens is 2. The summed E-state index contributed by atoms with van der Waals surface area (Å²) in [6.45, 7) is 2.35. The average Bonchev–Trinajstić information content (AvgIpc) is 3.20. The van der Waals surface area contributed by atoms with Crippen LogP contribution in [0.15, 0.2) is 65.8 Å². The molecule has 28 heavy (non-hydrogen) atoms. The number of rotatable bonds is 7. The van der Waals surface area contributed by atoms with Crippen LogP contribution < -0.4 is 4.72 Å². The van der Waals surface area contributed by atoms with Crippen molar-refractivity contribution >= 4 is 16.0 Å². The summed E-state index contributed by atoms with van der Waals surface area (Å²) < 4.78 is 34.8. The van der Waals surface area contributed by atoms with E-state index in [2.05, 4.69) is 14.6 Å². The average molecular weight is 399 g/mol. The van der Waals surface area contributed by atoms with Gasteiger partial charge in [0.15, 0.2) is 0 Å². The normalized spacial score (nSPS) is 11.4. The van der Waals surface area contributed by atoms with Crippen LogP contribution in [0.5, 0.6) is 0 Å². The first-order valence-electron chi connectivity index (χ1n) is 8.63. The number of methoxy groups -OCH3 is 1. The molecular weight excluding hydrogens is 378 g/mol. The van der Waals surface area contributed by atoms with Gasteiger partial charge >= 0.3 is 5.97 Å². The molecule has 8 heteroatoms. The number of esters is 1. The van der Waals surface area contributed by atoms with Gasteiger partial charge in [0.25, 0.3) is 0 Å². The Morgan fingerprint density at radius 3 is 2.57 bits per heavy atom. The second kappa shape index (κ2) is 8.37. The molecule has 0 spiro atoms. The molecule has 0 unspecified atom stereocenters. The van der Waals surface area contributed by atoms with E-state index in [0.717, 1.165) is 11.1 Å². The highest BCUT2D eigenvalue weighted by Crippen LogP contribution is 2.19. The predicted molar refractivity (Wildman–Crippen MR) is 104 cm³/mol. The molecule has 0 aliphatic carbocycles. The fraction of sp³-hybridized carbons (Fsp3) is 0.200. The summed E-state index contributed by atoms with van der Waals surface area (Å²) in [5.41, 5.74) is 2.55. The number of hydrogen-bond donors (Lipinski definition) is 1. The predicted octanol–water partition coefficient (Wildman–Crippen LogP) is 2.50. The van der Waals surface area contributed by atoms with Crippen molar-refractivity contribution in [3.8, 4) is 0 Å². The van der Waals surface area contributed by atoms with Crippen LogP contribution in [0.4, 0.5) is 0 Å². The Balaban J connectivity index is 1.82. The largest absolute Gasteiger partial charge is 0.465 e. The number of benzene rings is 2. The van der Waals surface area contributed by atoms with Gasteiger partial charge in [0.2, 0.25) is 10.0 Å². The summed E-state index contributed by atoms with van der Waals surface area (Å²) in [5.74, 6) is -0.582. The van der Waals surface area contributed by atoms with Crippen molar-refractivity contribution in [2.45, 2.75) is 24.9 Å². The Labute approximate surface area is 164 Å². The van der Waals surface area contributed by atoms with E-state index in [1.54, 1.807) is 29.9 Å². The maximum atomic E-state index is 12.8. The number of ether oxygens (including phenoxy) is 1. The van der Waals surface area contributed by atoms with E-state index in [0.29, 0.717) is 12.1 Å². The first kappa shape index (κ1) is 19.8. The molecule has 0 saturated heterocycles. The van der Waals surface area contributed by atoms with Crippen molar-refractivity contribution < 1.29 is 17.9 Å². The van der Waals surface area contributed by atoms with Gasteiger partial charge in [-0.05, 0) is 41.8 Å². The lowest BCUT2D eigenvalue weighted by molar-refractivity contribution is 0.0600. The van der Waals surface area contributed by atoms with Crippen LogP contribution in [-0.2, 0) is 27.8 Å². The minimum absolute atomic E-state index is 0.0555. The Morgan fingerprint density at radius 1 is 1.14 bits per heavy atom. The van der Waals surface area contributed by atoms with Crippen LogP contribution in [0.3, 0.4) is 0 Å². The SMILES string of the molecule is COC(=O)c1ccc(C)c(S(=O)(=O)NCc2ccccc2Cn2cccn2)c1. The summed E-state index contributed by atoms with van der Waals surface area (Å²) in [4.78, 5) is 11.8. The Morgan fingerprint density at radius 2 is 1.89 bits per heavy atom. The minimum Gasteiger partial charge on any atom is -0.465 e. The van der Waals surface area contributed by atoms with Crippen molar-refractivity contribution in [3.63, 3.8) is 0 Å². The molecule has 146 valence electrons. The molecule has 3 aromatic rings. The van der Waals surface area contributed by atoms with Gasteiger partial charge in [-0.15, -0.1) is 0 Å². The molecule has 0 fully saturated rings. The molecule has 0 bridgehead atoms.